The highest BCUT2D eigenvalue weighted by molar-refractivity contribution is 5.93. The van der Waals surface area contributed by atoms with Crippen LogP contribution in [0.5, 0.6) is 0 Å². The van der Waals surface area contributed by atoms with Crippen LogP contribution in [0.25, 0.3) is 0 Å². The van der Waals surface area contributed by atoms with Gasteiger partial charge in [-0.2, -0.15) is 0 Å². The number of cyclic esters (lactones) is 2. The Kier molecular flexibility index (Phi) is 4.11. The first-order valence-corrected chi connectivity index (χ1v) is 7.46. The highest BCUT2D eigenvalue weighted by Crippen LogP contribution is 2.33. The van der Waals surface area contributed by atoms with Crippen molar-refractivity contribution in [3.05, 3.63) is 23.5 Å². The first-order valence-electron chi connectivity index (χ1n) is 7.46. The number of carbonyl (C=O) groups is 3. The number of carbonyl (C=O) groups excluding carboxylic acids is 2. The molecule has 2 aliphatic heterocycles. The van der Waals surface area contributed by atoms with E-state index in [1.807, 2.05) is 0 Å². The van der Waals surface area contributed by atoms with E-state index in [1.165, 1.54) is 14.1 Å². The van der Waals surface area contributed by atoms with Gasteiger partial charge in [-0.05, 0) is 17.7 Å². The number of hydrogen-bond donors (Lipinski definition) is 1. The molecular formula is C15H16FN3O6. The van der Waals surface area contributed by atoms with Crippen LogP contribution < -0.4 is 9.80 Å². The fourth-order valence-electron chi connectivity index (χ4n) is 2.78. The van der Waals surface area contributed by atoms with E-state index in [9.17, 15) is 18.8 Å². The van der Waals surface area contributed by atoms with E-state index in [0.29, 0.717) is 5.56 Å². The van der Waals surface area contributed by atoms with Crippen molar-refractivity contribution < 1.29 is 33.4 Å². The van der Waals surface area contributed by atoms with Crippen LogP contribution in [0.2, 0.25) is 0 Å². The van der Waals surface area contributed by atoms with E-state index in [2.05, 4.69) is 0 Å². The van der Waals surface area contributed by atoms with Crippen LogP contribution in [-0.2, 0) is 15.9 Å². The molecule has 1 N–H and O–H groups in total. The number of amides is 3. The molecule has 3 amide bonds. The molecule has 10 heteroatoms. The van der Waals surface area contributed by atoms with E-state index < -0.39 is 30.3 Å². The second-order valence-electron chi connectivity index (χ2n) is 5.70. The molecule has 0 unspecified atom stereocenters. The number of hydrogen-bond acceptors (Lipinski definition) is 5. The van der Waals surface area contributed by atoms with E-state index in [-0.39, 0.29) is 30.9 Å². The van der Waals surface area contributed by atoms with Crippen molar-refractivity contribution in [1.29, 1.82) is 0 Å². The molecule has 1 aromatic carbocycles. The van der Waals surface area contributed by atoms with Crippen molar-refractivity contribution in [3.63, 3.8) is 0 Å². The Morgan fingerprint density at radius 3 is 2.76 bits per heavy atom. The van der Waals surface area contributed by atoms with Crippen molar-refractivity contribution in [1.82, 2.24) is 4.90 Å². The van der Waals surface area contributed by atoms with Crippen LogP contribution >= 0.6 is 0 Å². The number of carboxylic acid groups (broad SMARTS) is 1. The molecule has 0 saturated carbocycles. The summed E-state index contributed by atoms with van der Waals surface area (Å²) in [6.07, 6.45) is -3.37. The molecule has 3 rings (SSSR count). The second-order valence-corrected chi connectivity index (χ2v) is 5.70. The smallest absolute Gasteiger partial charge is 0.416 e. The minimum atomic E-state index is -1.25. The maximum absolute atomic E-state index is 14.6. The lowest BCUT2D eigenvalue weighted by atomic mass is 10.1. The molecule has 0 spiro atoms. The molecule has 0 aliphatic carbocycles. The number of rotatable bonds is 2. The standard InChI is InChI=1S/C15H16FN3O6/c1-17(13(20)21)11-7-19(15(23)25-11)9-5-8-3-4-24-14(22)18(2)12(8)10(16)6-9/h5-6,11H,3-4,7H2,1-2H3,(H,20,21)/t11-/m0/s1. The van der Waals surface area contributed by atoms with Crippen LogP contribution in [0, 0.1) is 5.82 Å². The molecule has 0 radical (unpaired) electrons. The third kappa shape index (κ3) is 2.90. The monoisotopic (exact) mass is 353 g/mol. The van der Waals surface area contributed by atoms with Gasteiger partial charge < -0.3 is 14.6 Å². The van der Waals surface area contributed by atoms with Crippen LogP contribution in [0.3, 0.4) is 0 Å². The summed E-state index contributed by atoms with van der Waals surface area (Å²) in [5.74, 6) is -0.684. The average molecular weight is 353 g/mol. The van der Waals surface area contributed by atoms with Gasteiger partial charge in [0.15, 0.2) is 6.23 Å². The summed E-state index contributed by atoms with van der Waals surface area (Å²) >= 11 is 0. The lowest BCUT2D eigenvalue weighted by Gasteiger charge is -2.21. The van der Waals surface area contributed by atoms with Gasteiger partial charge in [0.2, 0.25) is 0 Å². The van der Waals surface area contributed by atoms with E-state index in [1.54, 1.807) is 6.07 Å². The molecule has 1 fully saturated rings. The zero-order valence-electron chi connectivity index (χ0n) is 13.6. The highest BCUT2D eigenvalue weighted by atomic mass is 19.1. The lowest BCUT2D eigenvalue weighted by molar-refractivity contribution is 0.0415. The number of fused-ring (bicyclic) bond motifs is 1. The summed E-state index contributed by atoms with van der Waals surface area (Å²) in [5, 5.41) is 8.98. The van der Waals surface area contributed by atoms with Crippen LogP contribution in [0.15, 0.2) is 12.1 Å². The van der Waals surface area contributed by atoms with Crippen LogP contribution in [0.4, 0.5) is 30.1 Å². The maximum atomic E-state index is 14.6. The number of likely N-dealkylation sites (N-methyl/N-ethyl adjacent to an activating group) is 1. The average Bonchev–Trinajstić information content (AvgIpc) is 2.87. The maximum Gasteiger partial charge on any atom is 0.416 e. The van der Waals surface area contributed by atoms with Gasteiger partial charge in [-0.15, -0.1) is 0 Å². The van der Waals surface area contributed by atoms with Crippen molar-refractivity contribution in [3.8, 4) is 0 Å². The Morgan fingerprint density at radius 2 is 2.08 bits per heavy atom. The topological polar surface area (TPSA) is 99.6 Å². The van der Waals surface area contributed by atoms with Crippen LogP contribution in [0.1, 0.15) is 5.56 Å². The van der Waals surface area contributed by atoms with Gasteiger partial charge in [-0.3, -0.25) is 14.7 Å². The molecule has 25 heavy (non-hydrogen) atoms. The first-order chi connectivity index (χ1) is 11.8. The summed E-state index contributed by atoms with van der Waals surface area (Å²) in [4.78, 5) is 37.8. The van der Waals surface area contributed by atoms with Gasteiger partial charge in [-0.1, -0.05) is 0 Å². The molecule has 1 saturated heterocycles. The van der Waals surface area contributed by atoms with Crippen molar-refractivity contribution in [2.75, 3.05) is 37.0 Å². The van der Waals surface area contributed by atoms with E-state index in [4.69, 9.17) is 14.6 Å². The number of ether oxygens (including phenoxy) is 2. The Bertz CT molecular complexity index is 755. The van der Waals surface area contributed by atoms with Gasteiger partial charge in [0.05, 0.1) is 24.5 Å². The molecule has 2 heterocycles. The normalized spacial score (nSPS) is 19.9. The number of benzene rings is 1. The van der Waals surface area contributed by atoms with Crippen molar-refractivity contribution in [2.45, 2.75) is 12.6 Å². The zero-order chi connectivity index (χ0) is 18.3. The highest BCUT2D eigenvalue weighted by Gasteiger charge is 2.37. The van der Waals surface area contributed by atoms with Gasteiger partial charge in [0.1, 0.15) is 5.82 Å². The van der Waals surface area contributed by atoms with Gasteiger partial charge in [-0.25, -0.2) is 18.8 Å². The van der Waals surface area contributed by atoms with Crippen LogP contribution in [-0.4, -0.2) is 61.8 Å². The summed E-state index contributed by atoms with van der Waals surface area (Å²) in [6.45, 7) is 0.0268. The summed E-state index contributed by atoms with van der Waals surface area (Å²) in [7, 11) is 2.68. The summed E-state index contributed by atoms with van der Waals surface area (Å²) < 4.78 is 24.5. The quantitative estimate of drug-likeness (QED) is 0.871. The fourth-order valence-corrected chi connectivity index (χ4v) is 2.78. The minimum absolute atomic E-state index is 0.0644. The summed E-state index contributed by atoms with van der Waals surface area (Å²) in [6, 6.07) is 2.68. The molecule has 1 aromatic rings. The van der Waals surface area contributed by atoms with Gasteiger partial charge in [0.25, 0.3) is 0 Å². The summed E-state index contributed by atoms with van der Waals surface area (Å²) in [5.41, 5.74) is 0.828. The Morgan fingerprint density at radius 1 is 1.36 bits per heavy atom. The van der Waals surface area contributed by atoms with Crippen molar-refractivity contribution in [2.24, 2.45) is 0 Å². The van der Waals surface area contributed by atoms with Crippen molar-refractivity contribution >= 4 is 29.7 Å². The SMILES string of the molecule is CN1C(=O)OCCc2cc(N3C[C@@H](N(C)C(=O)O)OC3=O)cc(F)c21. The molecule has 1 atom stereocenters. The lowest BCUT2D eigenvalue weighted by Crippen LogP contribution is -2.38. The van der Waals surface area contributed by atoms with Gasteiger partial charge >= 0.3 is 18.3 Å². The zero-order valence-corrected chi connectivity index (χ0v) is 13.6. The third-order valence-electron chi connectivity index (χ3n) is 4.17. The molecule has 2 aliphatic rings. The second kappa shape index (κ2) is 6.11. The molecular weight excluding hydrogens is 337 g/mol. The largest absolute Gasteiger partial charge is 0.465 e. The van der Waals surface area contributed by atoms with E-state index >= 15 is 0 Å². The predicted molar refractivity (Wildman–Crippen MR) is 83.3 cm³/mol. The van der Waals surface area contributed by atoms with Gasteiger partial charge in [0, 0.05) is 20.5 Å². The third-order valence-corrected chi connectivity index (χ3v) is 4.17. The number of nitrogens with zero attached hydrogens (tertiary/aromatic N) is 3. The van der Waals surface area contributed by atoms with E-state index in [0.717, 1.165) is 20.8 Å². The Labute approximate surface area is 142 Å². The first kappa shape index (κ1) is 16.8. The molecule has 0 aromatic heterocycles. The Balaban J connectivity index is 1.93. The number of halogens is 1. The Hall–Kier alpha value is -3.04. The fraction of sp³-hybridized carbons (Fsp3) is 0.400. The molecule has 9 nitrogen and oxygen atoms in total. The number of anilines is 2. The predicted octanol–water partition coefficient (Wildman–Crippen LogP) is 1.85. The molecule has 0 bridgehead atoms. The minimum Gasteiger partial charge on any atom is -0.465 e. The molecule has 134 valence electrons.